The van der Waals surface area contributed by atoms with Gasteiger partial charge in [0.15, 0.2) is 0 Å². The van der Waals surface area contributed by atoms with E-state index in [0.29, 0.717) is 0 Å². The van der Waals surface area contributed by atoms with Gasteiger partial charge < -0.3 is 8.83 Å². The minimum Gasteiger partial charge on any atom is -0.456 e. The summed E-state index contributed by atoms with van der Waals surface area (Å²) in [7, 11) is 0. The van der Waals surface area contributed by atoms with Gasteiger partial charge in [-0.05, 0) is 268 Å². The fourth-order valence-electron chi connectivity index (χ4n) is 22.3. The van der Waals surface area contributed by atoms with Crippen molar-refractivity contribution in [1.82, 2.24) is 0 Å². The van der Waals surface area contributed by atoms with Crippen LogP contribution in [0.1, 0.15) is 49.9 Å². The summed E-state index contributed by atoms with van der Waals surface area (Å²) in [5.41, 5.74) is 34.1. The molecule has 124 heavy (non-hydrogen) atoms. The van der Waals surface area contributed by atoms with Crippen LogP contribution in [0.25, 0.3) is 241 Å². The van der Waals surface area contributed by atoms with Crippen molar-refractivity contribution in [2.24, 2.45) is 0 Å². The average molecular weight is 1580 g/mol. The van der Waals surface area contributed by atoms with Gasteiger partial charge in [0.25, 0.3) is 0 Å². The Labute approximate surface area is 718 Å². The van der Waals surface area contributed by atoms with Crippen LogP contribution in [0.3, 0.4) is 0 Å². The summed E-state index contributed by atoms with van der Waals surface area (Å²) in [4.78, 5) is 0. The number of furan rings is 2. The van der Waals surface area contributed by atoms with Crippen LogP contribution in [0.2, 0.25) is 0 Å². The van der Waals surface area contributed by atoms with Crippen LogP contribution in [0, 0.1) is 0 Å². The van der Waals surface area contributed by atoms with Crippen molar-refractivity contribution in [3.8, 4) is 111 Å². The molecule has 2 aliphatic rings. The monoisotopic (exact) mass is 1580 g/mol. The Morgan fingerprint density at radius 2 is 0.411 bits per heavy atom. The third kappa shape index (κ3) is 10.7. The van der Waals surface area contributed by atoms with E-state index in [2.05, 4.69) is 416 Å². The third-order valence-electron chi connectivity index (χ3n) is 27.6. The summed E-state index contributed by atoms with van der Waals surface area (Å²) in [6.45, 7) is 9.64. The smallest absolute Gasteiger partial charge is 0.135 e. The van der Waals surface area contributed by atoms with Crippen molar-refractivity contribution in [3.05, 3.63) is 435 Å². The first-order valence-electron chi connectivity index (χ1n) is 43.3. The molecule has 0 saturated carbocycles. The van der Waals surface area contributed by atoms with Crippen molar-refractivity contribution < 1.29 is 8.83 Å². The number of hydrogen-bond acceptors (Lipinski definition) is 2. The Bertz CT molecular complexity index is 8560. The quantitative estimate of drug-likeness (QED) is 0.112. The molecule has 24 aromatic rings. The molecule has 0 N–H and O–H groups in total. The highest BCUT2D eigenvalue weighted by atomic mass is 16.3. The molecular formula is C122H80O2. The third-order valence-corrected chi connectivity index (χ3v) is 27.6. The van der Waals surface area contributed by atoms with Gasteiger partial charge in [-0.25, -0.2) is 0 Å². The molecule has 0 spiro atoms. The number of rotatable bonds is 8. The zero-order valence-corrected chi connectivity index (χ0v) is 69.1. The molecule has 26 rings (SSSR count). The van der Waals surface area contributed by atoms with Crippen LogP contribution < -0.4 is 0 Å². The van der Waals surface area contributed by atoms with Crippen LogP contribution in [0.15, 0.2) is 421 Å². The molecule has 22 aromatic carbocycles. The van der Waals surface area contributed by atoms with E-state index in [-0.39, 0.29) is 10.8 Å². The largest absolute Gasteiger partial charge is 0.456 e. The van der Waals surface area contributed by atoms with E-state index in [0.717, 1.165) is 43.9 Å². The van der Waals surface area contributed by atoms with Crippen molar-refractivity contribution in [2.75, 3.05) is 0 Å². The van der Waals surface area contributed by atoms with E-state index < -0.39 is 0 Å². The molecule has 2 aliphatic carbocycles. The molecular weight excluding hydrogens is 1500 g/mol. The van der Waals surface area contributed by atoms with Gasteiger partial charge >= 0.3 is 0 Å². The molecule has 0 aliphatic heterocycles. The number of fused-ring (bicyclic) bond motifs is 26. The fourth-order valence-corrected chi connectivity index (χ4v) is 22.3. The number of para-hydroxylation sites is 2. The Hall–Kier alpha value is -15.5. The first-order valence-corrected chi connectivity index (χ1v) is 43.3. The molecule has 0 saturated heterocycles. The zero-order chi connectivity index (χ0) is 82.2. The summed E-state index contributed by atoms with van der Waals surface area (Å²) >= 11 is 0. The Balaban J connectivity index is 0.000000136. The van der Waals surface area contributed by atoms with Gasteiger partial charge in [-0.2, -0.15) is 0 Å². The molecule has 0 radical (unpaired) electrons. The molecule has 0 fully saturated rings. The normalized spacial score (nSPS) is 13.1. The summed E-state index contributed by atoms with van der Waals surface area (Å²) < 4.78 is 12.4. The number of hydrogen-bond donors (Lipinski definition) is 0. The molecule has 580 valence electrons. The lowest BCUT2D eigenvalue weighted by Crippen LogP contribution is -2.15. The fraction of sp³-hybridized carbons (Fsp3) is 0.0492. The predicted molar refractivity (Wildman–Crippen MR) is 526 cm³/mol. The molecule has 2 heteroatoms. The van der Waals surface area contributed by atoms with E-state index in [4.69, 9.17) is 8.83 Å². The van der Waals surface area contributed by atoms with Gasteiger partial charge in [0, 0.05) is 32.4 Å². The molecule has 2 nitrogen and oxygen atoms in total. The maximum absolute atomic E-state index is 6.24. The highest BCUT2D eigenvalue weighted by Crippen LogP contribution is 2.60. The molecule has 0 amide bonds. The molecule has 0 bridgehead atoms. The second-order valence-corrected chi connectivity index (χ2v) is 35.0. The SMILES string of the molecule is CC1(C)c2cccc(-c3cccc(-c4c5ccccc5c(-c5ccc(-c6ccc7oc8ccccc8c7c6)cc5)c5ccccc45)c3)c2-c2c1c1ccccc1c1ccccc21.CC1(C)c2cccc(-c3cccc(-c4c5ccccc5c(-c5ccccc5-c5ccc6oc7ccccc7c6c5)c5ccccc45)c3)c2-c2c1c1ccccc1c1ccccc21. The molecule has 0 unspecified atom stereocenters. The topological polar surface area (TPSA) is 26.3 Å². The van der Waals surface area contributed by atoms with Crippen molar-refractivity contribution in [3.63, 3.8) is 0 Å². The van der Waals surface area contributed by atoms with Crippen LogP contribution in [0.4, 0.5) is 0 Å². The van der Waals surface area contributed by atoms with E-state index >= 15 is 0 Å². The molecule has 0 atom stereocenters. The highest BCUT2D eigenvalue weighted by molar-refractivity contribution is 6.26. The zero-order valence-electron chi connectivity index (χ0n) is 69.1. The lowest BCUT2D eigenvalue weighted by atomic mass is 9.79. The highest BCUT2D eigenvalue weighted by Gasteiger charge is 2.42. The van der Waals surface area contributed by atoms with Crippen LogP contribution in [-0.2, 0) is 10.8 Å². The van der Waals surface area contributed by atoms with Gasteiger partial charge in [-0.1, -0.05) is 392 Å². The second kappa shape index (κ2) is 27.5. The van der Waals surface area contributed by atoms with E-state index in [1.165, 1.54) is 220 Å². The number of benzene rings is 22. The molecule has 2 aromatic heterocycles. The van der Waals surface area contributed by atoms with Gasteiger partial charge in [0.2, 0.25) is 0 Å². The van der Waals surface area contributed by atoms with E-state index in [1.54, 1.807) is 0 Å². The van der Waals surface area contributed by atoms with Crippen LogP contribution >= 0.6 is 0 Å². The summed E-state index contributed by atoms with van der Waals surface area (Å²) in [5.74, 6) is 0. The Morgan fingerprint density at radius 3 is 0.831 bits per heavy atom. The van der Waals surface area contributed by atoms with Crippen molar-refractivity contribution in [1.29, 1.82) is 0 Å². The second-order valence-electron chi connectivity index (χ2n) is 35.0. The van der Waals surface area contributed by atoms with Gasteiger partial charge in [-0.15, -0.1) is 0 Å². The maximum atomic E-state index is 6.24. The molecule has 2 heterocycles. The Kier molecular flexibility index (Phi) is 15.9. The first kappa shape index (κ1) is 71.4. The summed E-state index contributed by atoms with van der Waals surface area (Å²) in [6.07, 6.45) is 0. The van der Waals surface area contributed by atoms with E-state index in [9.17, 15) is 0 Å². The average Bonchev–Trinajstić information content (AvgIpc) is 1.51. The predicted octanol–water partition coefficient (Wildman–Crippen LogP) is 34.3. The minimum absolute atomic E-state index is 0.162. The maximum Gasteiger partial charge on any atom is 0.135 e. The Morgan fingerprint density at radius 1 is 0.145 bits per heavy atom. The van der Waals surface area contributed by atoms with Gasteiger partial charge in [-0.3, -0.25) is 0 Å². The first-order chi connectivity index (χ1) is 61.1. The summed E-state index contributed by atoms with van der Waals surface area (Å²) in [6, 6.07) is 152. The van der Waals surface area contributed by atoms with Crippen LogP contribution in [-0.4, -0.2) is 0 Å². The summed E-state index contributed by atoms with van der Waals surface area (Å²) in [5, 5.41) is 25.1. The van der Waals surface area contributed by atoms with Crippen molar-refractivity contribution >= 4 is 130 Å². The lowest BCUT2D eigenvalue weighted by Gasteiger charge is -2.24. The van der Waals surface area contributed by atoms with E-state index in [1.807, 2.05) is 24.3 Å². The lowest BCUT2D eigenvalue weighted by molar-refractivity contribution is 0.666. The minimum atomic E-state index is -0.168. The standard InChI is InChI=1S/2C61H40O/c1-61(2)53-31-16-30-41(58(53)59-46-24-7-4-20-42(46)43-21-5-12-29-51(43)60(59)61)37-17-15-18-39(35-37)56-47-25-8-10-27-49(47)57(50-28-11-9-26-48(50)56)45-23-6-3-19-40(45)38-33-34-55-52(36-38)44-22-13-14-32-54(44)62-55;1-61(2)53-27-14-26-42(58(53)59-46-20-5-3-17-43(46)44-18-4-10-25-51(44)60(59)61)40-15-13-16-41(35-40)57-49-23-8-6-21-47(49)56(48-22-7-9-24-50(48)57)38-31-29-37(30-32-38)39-33-34-55-52(36-39)45-19-11-12-28-54(45)62-55/h2*3-36H,1-2H3. The van der Waals surface area contributed by atoms with Crippen LogP contribution in [0.5, 0.6) is 0 Å². The van der Waals surface area contributed by atoms with Crippen molar-refractivity contribution in [2.45, 2.75) is 38.5 Å². The van der Waals surface area contributed by atoms with Gasteiger partial charge in [0.05, 0.1) is 0 Å². The van der Waals surface area contributed by atoms with Gasteiger partial charge in [0.1, 0.15) is 22.3 Å².